The number of ether oxygens (including phenoxy) is 1. The number of aromatic nitrogens is 1. The molecule has 160 valence electrons. The molecule has 4 N–H and O–H groups in total. The van der Waals surface area contributed by atoms with Crippen molar-refractivity contribution in [3.05, 3.63) is 75.6 Å². The highest BCUT2D eigenvalue weighted by atomic mass is 16.5. The number of H-pyrrole nitrogens is 1. The van der Waals surface area contributed by atoms with E-state index >= 15 is 0 Å². The second-order valence-corrected chi connectivity index (χ2v) is 6.89. The molecular formula is C22H22N4O5. The fourth-order valence-corrected chi connectivity index (χ4v) is 2.76. The molecule has 0 radical (unpaired) electrons. The lowest BCUT2D eigenvalue weighted by Crippen LogP contribution is -2.48. The third kappa shape index (κ3) is 5.47. The maximum Gasteiger partial charge on any atom is 0.276 e. The second-order valence-electron chi connectivity index (χ2n) is 6.89. The first kappa shape index (κ1) is 21.6. The Labute approximate surface area is 177 Å². The van der Waals surface area contributed by atoms with Gasteiger partial charge in [-0.1, -0.05) is 18.2 Å². The van der Waals surface area contributed by atoms with Crippen LogP contribution in [-0.4, -0.2) is 35.9 Å². The van der Waals surface area contributed by atoms with E-state index in [1.807, 2.05) is 26.0 Å². The van der Waals surface area contributed by atoms with E-state index in [4.69, 9.17) is 4.74 Å². The van der Waals surface area contributed by atoms with Gasteiger partial charge in [0.05, 0.1) is 6.54 Å². The lowest BCUT2D eigenvalue weighted by molar-refractivity contribution is -0.129. The van der Waals surface area contributed by atoms with Crippen LogP contribution >= 0.6 is 0 Å². The summed E-state index contributed by atoms with van der Waals surface area (Å²) in [5.41, 5.74) is 6.56. The van der Waals surface area contributed by atoms with Crippen LogP contribution in [0.25, 0.3) is 10.9 Å². The number of para-hydroxylation sites is 1. The first-order valence-corrected chi connectivity index (χ1v) is 9.51. The van der Waals surface area contributed by atoms with Gasteiger partial charge in [-0.3, -0.25) is 30.0 Å². The van der Waals surface area contributed by atoms with E-state index in [1.165, 1.54) is 6.20 Å². The number of hydrazine groups is 1. The van der Waals surface area contributed by atoms with Crippen LogP contribution in [0.4, 0.5) is 0 Å². The average molecular weight is 422 g/mol. The van der Waals surface area contributed by atoms with Gasteiger partial charge in [0.15, 0.2) is 6.61 Å². The number of rotatable bonds is 6. The number of benzene rings is 2. The van der Waals surface area contributed by atoms with Crippen molar-refractivity contribution in [2.75, 3.05) is 13.2 Å². The predicted octanol–water partition coefficient (Wildman–Crippen LogP) is 1.10. The van der Waals surface area contributed by atoms with Gasteiger partial charge in [-0.2, -0.15) is 0 Å². The molecule has 0 unspecified atom stereocenters. The molecule has 0 saturated heterocycles. The van der Waals surface area contributed by atoms with Gasteiger partial charge >= 0.3 is 0 Å². The topological polar surface area (TPSA) is 129 Å². The summed E-state index contributed by atoms with van der Waals surface area (Å²) in [5.74, 6) is -1.39. The van der Waals surface area contributed by atoms with E-state index in [2.05, 4.69) is 21.2 Å². The van der Waals surface area contributed by atoms with Crippen LogP contribution in [0.15, 0.2) is 53.5 Å². The molecule has 2 aromatic carbocycles. The number of hydrogen-bond acceptors (Lipinski definition) is 5. The fraction of sp³-hybridized carbons (Fsp3) is 0.182. The summed E-state index contributed by atoms with van der Waals surface area (Å²) < 4.78 is 5.37. The van der Waals surface area contributed by atoms with Crippen LogP contribution in [0, 0.1) is 13.8 Å². The number of aryl methyl sites for hydroxylation is 2. The molecule has 3 aromatic rings. The average Bonchev–Trinajstić information content (AvgIpc) is 2.77. The number of carbonyl (C=O) groups excluding carboxylic acids is 3. The molecular weight excluding hydrogens is 400 g/mol. The summed E-state index contributed by atoms with van der Waals surface area (Å²) in [6, 6.07) is 12.2. The van der Waals surface area contributed by atoms with Gasteiger partial charge in [0, 0.05) is 17.1 Å². The molecule has 31 heavy (non-hydrogen) atoms. The Bertz CT molecular complexity index is 1200. The number of carbonyl (C=O) groups is 3. The Morgan fingerprint density at radius 2 is 1.71 bits per heavy atom. The van der Waals surface area contributed by atoms with E-state index in [0.29, 0.717) is 16.7 Å². The van der Waals surface area contributed by atoms with Gasteiger partial charge in [-0.15, -0.1) is 0 Å². The maximum absolute atomic E-state index is 12.4. The van der Waals surface area contributed by atoms with Crippen LogP contribution in [0.2, 0.25) is 0 Å². The van der Waals surface area contributed by atoms with E-state index in [0.717, 1.165) is 11.1 Å². The highest BCUT2D eigenvalue weighted by Crippen LogP contribution is 2.16. The summed E-state index contributed by atoms with van der Waals surface area (Å²) in [5, 5.41) is 2.71. The first-order valence-electron chi connectivity index (χ1n) is 9.51. The minimum Gasteiger partial charge on any atom is -0.484 e. The molecule has 0 saturated carbocycles. The Morgan fingerprint density at radius 3 is 2.48 bits per heavy atom. The Kier molecular flexibility index (Phi) is 6.66. The third-order valence-corrected chi connectivity index (χ3v) is 4.63. The van der Waals surface area contributed by atoms with Crippen molar-refractivity contribution in [3.63, 3.8) is 0 Å². The van der Waals surface area contributed by atoms with Gasteiger partial charge in [0.25, 0.3) is 17.7 Å². The largest absolute Gasteiger partial charge is 0.484 e. The molecule has 0 fully saturated rings. The number of amides is 3. The number of nitrogens with one attached hydrogen (secondary N) is 4. The maximum atomic E-state index is 12.4. The smallest absolute Gasteiger partial charge is 0.276 e. The molecule has 0 atom stereocenters. The molecule has 3 rings (SSSR count). The standard InChI is InChI=1S/C22H22N4O5/c1-13-7-8-15(9-14(13)2)31-12-20(28)26-25-19(27)11-24-22(30)17-10-23-18-6-4-3-5-16(18)21(17)29/h3-10H,11-12H2,1-2H3,(H,23,29)(H,24,30)(H,25,27)(H,26,28). The molecule has 0 aliphatic heterocycles. The quantitative estimate of drug-likeness (QED) is 0.442. The van der Waals surface area contributed by atoms with Crippen molar-refractivity contribution in [2.24, 2.45) is 0 Å². The van der Waals surface area contributed by atoms with Crippen molar-refractivity contribution in [2.45, 2.75) is 13.8 Å². The number of hydrogen-bond donors (Lipinski definition) is 4. The zero-order chi connectivity index (χ0) is 22.4. The van der Waals surface area contributed by atoms with E-state index < -0.39 is 29.7 Å². The molecule has 0 spiro atoms. The minimum absolute atomic E-state index is 0.114. The number of fused-ring (bicyclic) bond motifs is 1. The first-order chi connectivity index (χ1) is 14.8. The van der Waals surface area contributed by atoms with Crippen molar-refractivity contribution in [1.82, 2.24) is 21.2 Å². The van der Waals surface area contributed by atoms with Gasteiger partial charge in [-0.05, 0) is 49.2 Å². The fourth-order valence-electron chi connectivity index (χ4n) is 2.76. The van der Waals surface area contributed by atoms with Crippen molar-refractivity contribution in [3.8, 4) is 5.75 Å². The van der Waals surface area contributed by atoms with Crippen LogP contribution in [-0.2, 0) is 9.59 Å². The molecule has 3 amide bonds. The van der Waals surface area contributed by atoms with E-state index in [-0.39, 0.29) is 12.2 Å². The summed E-state index contributed by atoms with van der Waals surface area (Å²) in [4.78, 5) is 51.2. The van der Waals surface area contributed by atoms with Gasteiger partial charge in [0.1, 0.15) is 11.3 Å². The van der Waals surface area contributed by atoms with E-state index in [1.54, 1.807) is 30.3 Å². The zero-order valence-corrected chi connectivity index (χ0v) is 17.1. The van der Waals surface area contributed by atoms with Crippen LogP contribution < -0.4 is 26.3 Å². The molecule has 9 nitrogen and oxygen atoms in total. The number of pyridine rings is 1. The van der Waals surface area contributed by atoms with Gasteiger partial charge < -0.3 is 15.0 Å². The monoisotopic (exact) mass is 422 g/mol. The van der Waals surface area contributed by atoms with Crippen LogP contribution in [0.3, 0.4) is 0 Å². The van der Waals surface area contributed by atoms with Crippen LogP contribution in [0.1, 0.15) is 21.5 Å². The Hall–Kier alpha value is -4.14. The molecule has 1 aromatic heterocycles. The SMILES string of the molecule is Cc1ccc(OCC(=O)NNC(=O)CNC(=O)c2c[nH]c3ccccc3c2=O)cc1C. The molecule has 9 heteroatoms. The van der Waals surface area contributed by atoms with Crippen molar-refractivity contribution in [1.29, 1.82) is 0 Å². The molecule has 1 heterocycles. The highest BCUT2D eigenvalue weighted by Gasteiger charge is 2.14. The normalized spacial score (nSPS) is 10.4. The second kappa shape index (κ2) is 9.57. The molecule has 0 aliphatic rings. The third-order valence-electron chi connectivity index (χ3n) is 4.63. The Balaban J connectivity index is 1.45. The minimum atomic E-state index is -0.702. The summed E-state index contributed by atoms with van der Waals surface area (Å²) in [7, 11) is 0. The summed E-state index contributed by atoms with van der Waals surface area (Å²) in [6.45, 7) is 3.18. The van der Waals surface area contributed by atoms with Crippen molar-refractivity contribution < 1.29 is 19.1 Å². The van der Waals surface area contributed by atoms with E-state index in [9.17, 15) is 19.2 Å². The van der Waals surface area contributed by atoms with Gasteiger partial charge in [-0.25, -0.2) is 0 Å². The van der Waals surface area contributed by atoms with Crippen molar-refractivity contribution >= 4 is 28.6 Å². The zero-order valence-electron chi connectivity index (χ0n) is 17.1. The summed E-state index contributed by atoms with van der Waals surface area (Å²) >= 11 is 0. The van der Waals surface area contributed by atoms with Crippen LogP contribution in [0.5, 0.6) is 5.75 Å². The lowest BCUT2D eigenvalue weighted by atomic mass is 10.1. The highest BCUT2D eigenvalue weighted by molar-refractivity contribution is 5.98. The molecule has 0 bridgehead atoms. The lowest BCUT2D eigenvalue weighted by Gasteiger charge is -2.10. The van der Waals surface area contributed by atoms with Gasteiger partial charge in [0.2, 0.25) is 5.43 Å². The Morgan fingerprint density at radius 1 is 0.968 bits per heavy atom. The predicted molar refractivity (Wildman–Crippen MR) is 115 cm³/mol. The number of aromatic amines is 1. The summed E-state index contributed by atoms with van der Waals surface area (Å²) in [6.07, 6.45) is 1.30. The molecule has 0 aliphatic carbocycles.